The zero-order chi connectivity index (χ0) is 16.3. The number of aromatic nitrogens is 1. The highest BCUT2D eigenvalue weighted by Crippen LogP contribution is 2.45. The SMILES string of the molecule is CCOC(=O)c1cc([N+](=O)[O-])c(Sc2c(Cl)cncc2Cl)s1. The molecule has 0 amide bonds. The van der Waals surface area contributed by atoms with Gasteiger partial charge in [0.2, 0.25) is 0 Å². The fraction of sp³-hybridized carbons (Fsp3) is 0.167. The van der Waals surface area contributed by atoms with Crippen molar-refractivity contribution in [3.8, 4) is 0 Å². The first-order valence-corrected chi connectivity index (χ1v) is 8.25. The molecule has 2 aromatic heterocycles. The lowest BCUT2D eigenvalue weighted by Gasteiger charge is -2.03. The van der Waals surface area contributed by atoms with E-state index in [1.54, 1.807) is 6.92 Å². The van der Waals surface area contributed by atoms with Gasteiger partial charge in [0, 0.05) is 18.5 Å². The van der Waals surface area contributed by atoms with Gasteiger partial charge >= 0.3 is 5.97 Å². The molecule has 6 nitrogen and oxygen atoms in total. The van der Waals surface area contributed by atoms with E-state index in [2.05, 4.69) is 4.98 Å². The molecule has 0 aromatic carbocycles. The minimum Gasteiger partial charge on any atom is -0.462 e. The molecule has 0 atom stereocenters. The van der Waals surface area contributed by atoms with Gasteiger partial charge in [0.25, 0.3) is 5.69 Å². The second kappa shape index (κ2) is 7.28. The van der Waals surface area contributed by atoms with Gasteiger partial charge in [-0.1, -0.05) is 35.0 Å². The lowest BCUT2D eigenvalue weighted by Crippen LogP contribution is -2.01. The number of rotatable bonds is 5. The van der Waals surface area contributed by atoms with Gasteiger partial charge in [-0.3, -0.25) is 15.1 Å². The Hall–Kier alpha value is -1.35. The first kappa shape index (κ1) is 17.0. The van der Waals surface area contributed by atoms with Crippen molar-refractivity contribution in [2.45, 2.75) is 16.0 Å². The van der Waals surface area contributed by atoms with E-state index in [-0.39, 0.29) is 27.2 Å². The molecular formula is C12H8Cl2N2O4S2. The molecule has 10 heteroatoms. The van der Waals surface area contributed by atoms with Crippen molar-refractivity contribution in [3.05, 3.63) is 43.5 Å². The van der Waals surface area contributed by atoms with Crippen molar-refractivity contribution in [2.75, 3.05) is 6.61 Å². The third kappa shape index (κ3) is 3.70. The van der Waals surface area contributed by atoms with Crippen LogP contribution >= 0.6 is 46.3 Å². The van der Waals surface area contributed by atoms with Crippen LogP contribution < -0.4 is 0 Å². The third-order valence-electron chi connectivity index (χ3n) is 2.36. The first-order chi connectivity index (χ1) is 10.4. The molecule has 116 valence electrons. The summed E-state index contributed by atoms with van der Waals surface area (Å²) in [7, 11) is 0. The average molecular weight is 379 g/mol. The second-order valence-corrected chi connectivity index (χ2v) is 6.94. The molecule has 0 saturated carbocycles. The number of halogens is 2. The molecule has 0 radical (unpaired) electrons. The Balaban J connectivity index is 2.41. The summed E-state index contributed by atoms with van der Waals surface area (Å²) in [5.74, 6) is -0.602. The fourth-order valence-electron chi connectivity index (χ4n) is 1.46. The van der Waals surface area contributed by atoms with E-state index in [0.717, 1.165) is 23.1 Å². The van der Waals surface area contributed by atoms with Gasteiger partial charge in [0.15, 0.2) is 0 Å². The van der Waals surface area contributed by atoms with Crippen molar-refractivity contribution >= 4 is 58.0 Å². The van der Waals surface area contributed by atoms with Gasteiger partial charge < -0.3 is 4.74 Å². The molecule has 2 rings (SSSR count). The maximum atomic E-state index is 11.7. The highest BCUT2D eigenvalue weighted by molar-refractivity contribution is 8.01. The van der Waals surface area contributed by atoms with Gasteiger partial charge in [-0.25, -0.2) is 4.79 Å². The normalized spacial score (nSPS) is 10.5. The number of hydrogen-bond acceptors (Lipinski definition) is 7. The first-order valence-electron chi connectivity index (χ1n) is 5.86. The van der Waals surface area contributed by atoms with Crippen LogP contribution in [-0.2, 0) is 4.74 Å². The minimum atomic E-state index is -0.602. The molecule has 0 saturated heterocycles. The molecule has 0 N–H and O–H groups in total. The zero-order valence-electron chi connectivity index (χ0n) is 11.0. The van der Waals surface area contributed by atoms with E-state index in [1.165, 1.54) is 18.5 Å². The Bertz CT molecular complexity index is 716. The van der Waals surface area contributed by atoms with Gasteiger partial charge in [-0.05, 0) is 6.92 Å². The topological polar surface area (TPSA) is 82.3 Å². The van der Waals surface area contributed by atoms with Gasteiger partial charge in [0.05, 0.1) is 26.5 Å². The Labute approximate surface area is 143 Å². The molecule has 0 aliphatic heterocycles. The maximum absolute atomic E-state index is 11.7. The van der Waals surface area contributed by atoms with Crippen LogP contribution in [-0.4, -0.2) is 22.5 Å². The van der Waals surface area contributed by atoms with Gasteiger partial charge in [-0.15, -0.1) is 11.3 Å². The molecule has 0 unspecified atom stereocenters. The van der Waals surface area contributed by atoms with E-state index in [1.807, 2.05) is 0 Å². The van der Waals surface area contributed by atoms with Crippen LogP contribution in [0.1, 0.15) is 16.6 Å². The Morgan fingerprint density at radius 3 is 2.64 bits per heavy atom. The van der Waals surface area contributed by atoms with Crippen molar-refractivity contribution in [2.24, 2.45) is 0 Å². The van der Waals surface area contributed by atoms with E-state index < -0.39 is 10.9 Å². The number of carbonyl (C=O) groups excluding carboxylic acids is 1. The molecule has 0 spiro atoms. The van der Waals surface area contributed by atoms with Crippen LogP contribution in [0.15, 0.2) is 27.6 Å². The maximum Gasteiger partial charge on any atom is 0.348 e. The highest BCUT2D eigenvalue weighted by atomic mass is 35.5. The third-order valence-corrected chi connectivity index (χ3v) is 5.59. The van der Waals surface area contributed by atoms with Crippen LogP contribution in [0.5, 0.6) is 0 Å². The Morgan fingerprint density at radius 1 is 1.45 bits per heavy atom. The molecule has 0 fully saturated rings. The Morgan fingerprint density at radius 2 is 2.09 bits per heavy atom. The number of nitro groups is 1. The Kier molecular flexibility index (Phi) is 5.63. The average Bonchev–Trinajstić information content (AvgIpc) is 2.87. The lowest BCUT2D eigenvalue weighted by molar-refractivity contribution is -0.387. The van der Waals surface area contributed by atoms with Crippen LogP contribution in [0.3, 0.4) is 0 Å². The van der Waals surface area contributed by atoms with Gasteiger partial charge in [0.1, 0.15) is 9.09 Å². The van der Waals surface area contributed by atoms with Crippen molar-refractivity contribution in [1.29, 1.82) is 0 Å². The predicted octanol–water partition coefficient (Wildman–Crippen LogP) is 4.69. The number of thiophene rings is 1. The summed E-state index contributed by atoms with van der Waals surface area (Å²) in [5.41, 5.74) is -0.193. The standard InChI is InChI=1S/C12H8Cl2N2O4S2/c1-2-20-11(17)9-3-8(16(18)19)12(21-9)22-10-6(13)4-15-5-7(10)14/h3-5H,2H2,1H3. The summed E-state index contributed by atoms with van der Waals surface area (Å²) in [6.07, 6.45) is 2.78. The van der Waals surface area contributed by atoms with Gasteiger partial charge in [-0.2, -0.15) is 0 Å². The van der Waals surface area contributed by atoms with Crippen LogP contribution in [0, 0.1) is 10.1 Å². The quantitative estimate of drug-likeness (QED) is 0.426. The number of ether oxygens (including phenoxy) is 1. The molecule has 2 heterocycles. The smallest absolute Gasteiger partial charge is 0.348 e. The fourth-order valence-corrected chi connectivity index (χ4v) is 4.21. The van der Waals surface area contributed by atoms with Crippen molar-refractivity contribution in [1.82, 2.24) is 4.98 Å². The van der Waals surface area contributed by atoms with Crippen LogP contribution in [0.4, 0.5) is 5.69 Å². The van der Waals surface area contributed by atoms with E-state index in [0.29, 0.717) is 9.10 Å². The largest absolute Gasteiger partial charge is 0.462 e. The summed E-state index contributed by atoms with van der Waals surface area (Å²) in [5, 5.41) is 11.7. The summed E-state index contributed by atoms with van der Waals surface area (Å²) in [6.45, 7) is 1.85. The second-order valence-electron chi connectivity index (χ2n) is 3.80. The summed E-state index contributed by atoms with van der Waals surface area (Å²) in [4.78, 5) is 26.7. The van der Waals surface area contributed by atoms with E-state index in [9.17, 15) is 14.9 Å². The molecule has 2 aromatic rings. The zero-order valence-corrected chi connectivity index (χ0v) is 14.2. The lowest BCUT2D eigenvalue weighted by atomic mass is 10.4. The number of nitrogens with zero attached hydrogens (tertiary/aromatic N) is 2. The highest BCUT2D eigenvalue weighted by Gasteiger charge is 2.25. The monoisotopic (exact) mass is 378 g/mol. The minimum absolute atomic E-state index is 0.150. The number of carbonyl (C=O) groups is 1. The molecule has 0 aliphatic rings. The summed E-state index contributed by atoms with van der Waals surface area (Å²) >= 11 is 14.0. The molecular weight excluding hydrogens is 371 g/mol. The van der Waals surface area contributed by atoms with Crippen molar-refractivity contribution < 1.29 is 14.5 Å². The molecule has 0 aliphatic carbocycles. The summed E-state index contributed by atoms with van der Waals surface area (Å²) in [6, 6.07) is 1.19. The number of esters is 1. The predicted molar refractivity (Wildman–Crippen MR) is 85.3 cm³/mol. The van der Waals surface area contributed by atoms with Crippen LogP contribution in [0.25, 0.3) is 0 Å². The van der Waals surface area contributed by atoms with Crippen molar-refractivity contribution in [3.63, 3.8) is 0 Å². The number of hydrogen-bond donors (Lipinski definition) is 0. The molecule has 0 bridgehead atoms. The summed E-state index contributed by atoms with van der Waals surface area (Å²) < 4.78 is 5.15. The van der Waals surface area contributed by atoms with E-state index in [4.69, 9.17) is 27.9 Å². The van der Waals surface area contributed by atoms with Crippen LogP contribution in [0.2, 0.25) is 10.0 Å². The van der Waals surface area contributed by atoms with E-state index >= 15 is 0 Å². The molecule has 22 heavy (non-hydrogen) atoms. The number of pyridine rings is 1.